The summed E-state index contributed by atoms with van der Waals surface area (Å²) in [6, 6.07) is 9.42. The van der Waals surface area contributed by atoms with Gasteiger partial charge in [-0.2, -0.15) is 0 Å². The van der Waals surface area contributed by atoms with Gasteiger partial charge in [-0.1, -0.05) is 44.5 Å². The zero-order valence-electron chi connectivity index (χ0n) is 18.3. The van der Waals surface area contributed by atoms with Crippen molar-refractivity contribution in [2.24, 2.45) is 0 Å². The molecule has 3 aromatic heterocycles. The molecular formula is C23H25ClN6O2. The van der Waals surface area contributed by atoms with Crippen LogP contribution in [0.2, 0.25) is 5.02 Å². The number of aliphatic hydroxyl groups is 1. The van der Waals surface area contributed by atoms with Crippen molar-refractivity contribution in [2.45, 2.75) is 45.3 Å². The molecule has 9 heteroatoms. The third kappa shape index (κ3) is 3.53. The first kappa shape index (κ1) is 20.9. The van der Waals surface area contributed by atoms with E-state index in [1.165, 1.54) is 0 Å². The monoisotopic (exact) mass is 452 g/mol. The lowest BCUT2D eigenvalue weighted by atomic mass is 9.96. The van der Waals surface area contributed by atoms with Gasteiger partial charge in [0.1, 0.15) is 11.3 Å². The summed E-state index contributed by atoms with van der Waals surface area (Å²) in [5, 5.41) is 19.3. The van der Waals surface area contributed by atoms with Crippen LogP contribution in [-0.4, -0.2) is 48.4 Å². The standard InChI is InChI=1S/C23H25ClN6O2/c1-23(2,3)21-27-26-20-19-18(10-16(11-25-19)28-9-8-17(31)13-28)29(22(32)30(20)21)12-14-4-6-15(24)7-5-14/h4-7,10-11,17,31H,8-9,12-13H2,1-3H3/t17-/m1/s1. The molecule has 4 aromatic rings. The van der Waals surface area contributed by atoms with Crippen LogP contribution in [0.1, 0.15) is 38.6 Å². The molecule has 32 heavy (non-hydrogen) atoms. The summed E-state index contributed by atoms with van der Waals surface area (Å²) in [6.07, 6.45) is 2.15. The van der Waals surface area contributed by atoms with Crippen LogP contribution >= 0.6 is 11.6 Å². The average Bonchev–Trinajstić information content (AvgIpc) is 3.39. The van der Waals surface area contributed by atoms with Crippen LogP contribution in [0.15, 0.2) is 41.3 Å². The van der Waals surface area contributed by atoms with Gasteiger partial charge in [0.2, 0.25) is 0 Å². The van der Waals surface area contributed by atoms with Crippen LogP contribution in [-0.2, 0) is 12.0 Å². The summed E-state index contributed by atoms with van der Waals surface area (Å²) in [4.78, 5) is 20.6. The SMILES string of the molecule is CC(C)(C)c1nnc2c3ncc(N4CC[C@@H](O)C4)cc3n(Cc3ccc(Cl)cc3)c(=O)n12. The number of aromatic nitrogens is 5. The second-order valence-corrected chi connectivity index (χ2v) is 9.81. The van der Waals surface area contributed by atoms with Gasteiger partial charge in [-0.15, -0.1) is 10.2 Å². The second-order valence-electron chi connectivity index (χ2n) is 9.38. The number of fused-ring (bicyclic) bond motifs is 3. The van der Waals surface area contributed by atoms with Crippen LogP contribution in [0, 0.1) is 0 Å². The van der Waals surface area contributed by atoms with E-state index >= 15 is 0 Å². The van der Waals surface area contributed by atoms with Crippen LogP contribution in [0.5, 0.6) is 0 Å². The van der Waals surface area contributed by atoms with Gasteiger partial charge in [-0.3, -0.25) is 4.57 Å². The number of hydrogen-bond donors (Lipinski definition) is 1. The van der Waals surface area contributed by atoms with Crippen LogP contribution in [0.4, 0.5) is 5.69 Å². The third-order valence-corrected chi connectivity index (χ3v) is 6.15. The van der Waals surface area contributed by atoms with Crippen molar-refractivity contribution in [1.29, 1.82) is 0 Å². The molecule has 166 valence electrons. The maximum absolute atomic E-state index is 13.8. The molecule has 0 aliphatic carbocycles. The molecule has 0 bridgehead atoms. The third-order valence-electron chi connectivity index (χ3n) is 5.89. The Morgan fingerprint density at radius 1 is 1.19 bits per heavy atom. The fourth-order valence-corrected chi connectivity index (χ4v) is 4.35. The first-order valence-corrected chi connectivity index (χ1v) is 11.1. The number of halogens is 1. The Kier molecular flexibility index (Phi) is 4.94. The number of nitrogens with zero attached hydrogens (tertiary/aromatic N) is 6. The normalized spacial score (nSPS) is 17.0. The Labute approximate surface area is 190 Å². The molecule has 0 spiro atoms. The van der Waals surface area contributed by atoms with Crippen molar-refractivity contribution in [1.82, 2.24) is 24.1 Å². The quantitative estimate of drug-likeness (QED) is 0.514. The Balaban J connectivity index is 1.77. The van der Waals surface area contributed by atoms with E-state index < -0.39 is 0 Å². The molecule has 1 atom stereocenters. The summed E-state index contributed by atoms with van der Waals surface area (Å²) in [7, 11) is 0. The van der Waals surface area contributed by atoms with E-state index in [9.17, 15) is 9.90 Å². The molecule has 0 saturated carbocycles. The molecule has 1 saturated heterocycles. The molecule has 1 aliphatic heterocycles. The van der Waals surface area contributed by atoms with Gasteiger partial charge >= 0.3 is 5.69 Å². The van der Waals surface area contributed by atoms with E-state index in [2.05, 4.69) is 15.1 Å². The Morgan fingerprint density at radius 2 is 1.94 bits per heavy atom. The van der Waals surface area contributed by atoms with E-state index in [0.717, 1.165) is 17.8 Å². The van der Waals surface area contributed by atoms with E-state index in [1.807, 2.05) is 51.1 Å². The zero-order valence-corrected chi connectivity index (χ0v) is 19.0. The van der Waals surface area contributed by atoms with Gasteiger partial charge in [-0.05, 0) is 30.2 Å². The molecule has 1 aromatic carbocycles. The molecule has 5 rings (SSSR count). The molecule has 1 N–H and O–H groups in total. The minimum Gasteiger partial charge on any atom is -0.391 e. The number of aliphatic hydroxyl groups excluding tert-OH is 1. The van der Waals surface area contributed by atoms with Crippen LogP contribution in [0.3, 0.4) is 0 Å². The molecule has 0 radical (unpaired) electrons. The lowest BCUT2D eigenvalue weighted by Gasteiger charge is -2.20. The lowest BCUT2D eigenvalue weighted by molar-refractivity contribution is 0.198. The van der Waals surface area contributed by atoms with Crippen molar-refractivity contribution in [3.8, 4) is 0 Å². The highest BCUT2D eigenvalue weighted by Gasteiger charge is 2.27. The minimum absolute atomic E-state index is 0.210. The summed E-state index contributed by atoms with van der Waals surface area (Å²) in [5.41, 5.74) is 3.00. The fourth-order valence-electron chi connectivity index (χ4n) is 4.22. The smallest absolute Gasteiger partial charge is 0.336 e. The summed E-state index contributed by atoms with van der Waals surface area (Å²) >= 11 is 6.06. The average molecular weight is 453 g/mol. The van der Waals surface area contributed by atoms with E-state index in [-0.39, 0.29) is 17.2 Å². The Bertz CT molecular complexity index is 1370. The molecule has 1 aliphatic rings. The zero-order chi connectivity index (χ0) is 22.6. The summed E-state index contributed by atoms with van der Waals surface area (Å²) < 4.78 is 3.29. The Morgan fingerprint density at radius 3 is 2.59 bits per heavy atom. The second kappa shape index (κ2) is 7.56. The van der Waals surface area contributed by atoms with E-state index in [4.69, 9.17) is 16.6 Å². The number of pyridine rings is 1. The largest absolute Gasteiger partial charge is 0.391 e. The van der Waals surface area contributed by atoms with Crippen molar-refractivity contribution >= 4 is 34.0 Å². The first-order valence-electron chi connectivity index (χ1n) is 10.7. The highest BCUT2D eigenvalue weighted by atomic mass is 35.5. The molecule has 4 heterocycles. The highest BCUT2D eigenvalue weighted by molar-refractivity contribution is 6.30. The maximum Gasteiger partial charge on any atom is 0.336 e. The molecule has 0 amide bonds. The van der Waals surface area contributed by atoms with E-state index in [1.54, 1.807) is 15.2 Å². The van der Waals surface area contributed by atoms with Crippen molar-refractivity contribution in [2.75, 3.05) is 18.0 Å². The van der Waals surface area contributed by atoms with Gasteiger partial charge in [0.05, 0.1) is 30.0 Å². The maximum atomic E-state index is 13.8. The van der Waals surface area contributed by atoms with Gasteiger partial charge < -0.3 is 10.0 Å². The van der Waals surface area contributed by atoms with Gasteiger partial charge in [0, 0.05) is 23.5 Å². The fraction of sp³-hybridized carbons (Fsp3) is 0.391. The number of β-amino-alcohol motifs (C(OH)–C–C–N with tert-alkyl or cyclic N) is 1. The predicted molar refractivity (Wildman–Crippen MR) is 125 cm³/mol. The number of benzene rings is 1. The topological polar surface area (TPSA) is 88.5 Å². The minimum atomic E-state index is -0.365. The first-order chi connectivity index (χ1) is 15.2. The Hall–Kier alpha value is -2.97. The van der Waals surface area contributed by atoms with Crippen LogP contribution in [0.25, 0.3) is 16.7 Å². The van der Waals surface area contributed by atoms with Crippen molar-refractivity contribution < 1.29 is 5.11 Å². The van der Waals surface area contributed by atoms with Gasteiger partial charge in [-0.25, -0.2) is 14.2 Å². The summed E-state index contributed by atoms with van der Waals surface area (Å²) in [5.74, 6) is 0.595. The predicted octanol–water partition coefficient (Wildman–Crippen LogP) is 3.01. The molecule has 0 unspecified atom stereocenters. The summed E-state index contributed by atoms with van der Waals surface area (Å²) in [6.45, 7) is 7.68. The van der Waals surface area contributed by atoms with Crippen molar-refractivity contribution in [3.63, 3.8) is 0 Å². The van der Waals surface area contributed by atoms with Crippen LogP contribution < -0.4 is 10.6 Å². The van der Waals surface area contributed by atoms with E-state index in [0.29, 0.717) is 47.0 Å². The highest BCUT2D eigenvalue weighted by Crippen LogP contribution is 2.27. The van der Waals surface area contributed by atoms with Crippen molar-refractivity contribution in [3.05, 3.63) is 63.4 Å². The molecular weight excluding hydrogens is 428 g/mol. The molecule has 8 nitrogen and oxygen atoms in total. The van der Waals surface area contributed by atoms with Gasteiger partial charge in [0.15, 0.2) is 5.65 Å². The van der Waals surface area contributed by atoms with Gasteiger partial charge in [0.25, 0.3) is 0 Å². The number of hydrogen-bond acceptors (Lipinski definition) is 6. The lowest BCUT2D eigenvalue weighted by Crippen LogP contribution is -2.32. The number of anilines is 1. The number of rotatable bonds is 3. The molecule has 1 fully saturated rings.